The number of methoxy groups -OCH3 is 2. The third kappa shape index (κ3) is 6.53. The number of piperidine rings is 1. The van der Waals surface area contributed by atoms with Gasteiger partial charge in [0, 0.05) is 47.5 Å². The molecule has 4 rings (SSSR count). The Morgan fingerprint density at radius 3 is 2.35 bits per heavy atom. The minimum atomic E-state index is -1.09. The topological polar surface area (TPSA) is 106 Å². The second kappa shape index (κ2) is 12.1. The van der Waals surface area contributed by atoms with Gasteiger partial charge in [0.05, 0.1) is 26.6 Å². The van der Waals surface area contributed by atoms with Crippen molar-refractivity contribution in [3.05, 3.63) is 52.5 Å². The molecule has 1 fully saturated rings. The van der Waals surface area contributed by atoms with E-state index >= 15 is 0 Å². The lowest BCUT2D eigenvalue weighted by Crippen LogP contribution is -2.47. The SMILES string of the molecule is COc1ccc([C@@H]2O[C@@H](CC(=O)N3CCC(C(=O)O)CC3)C(=O)N(CC(C)(C)C)c3ccc(Cl)cc32)c(OC)c1. The number of benzene rings is 2. The van der Waals surface area contributed by atoms with Crippen molar-refractivity contribution in [1.29, 1.82) is 0 Å². The number of likely N-dealkylation sites (tertiary alicyclic amines) is 1. The van der Waals surface area contributed by atoms with Crippen LogP contribution in [0.4, 0.5) is 5.69 Å². The number of carboxylic acids is 1. The highest BCUT2D eigenvalue weighted by molar-refractivity contribution is 6.30. The Morgan fingerprint density at radius 1 is 1.05 bits per heavy atom. The summed E-state index contributed by atoms with van der Waals surface area (Å²) in [5.74, 6) is -0.770. The number of halogens is 1. The number of nitrogens with zero attached hydrogens (tertiary/aromatic N) is 2. The monoisotopic (exact) mass is 572 g/mol. The molecular weight excluding hydrogens is 536 g/mol. The largest absolute Gasteiger partial charge is 0.497 e. The molecule has 1 N–H and O–H groups in total. The van der Waals surface area contributed by atoms with Crippen LogP contribution < -0.4 is 14.4 Å². The molecule has 0 saturated carbocycles. The predicted octanol–water partition coefficient (Wildman–Crippen LogP) is 4.94. The van der Waals surface area contributed by atoms with Crippen molar-refractivity contribution in [3.63, 3.8) is 0 Å². The summed E-state index contributed by atoms with van der Waals surface area (Å²) in [7, 11) is 3.11. The predicted molar refractivity (Wildman–Crippen MR) is 151 cm³/mol. The maximum absolute atomic E-state index is 14.1. The Hall–Kier alpha value is -3.30. The number of hydrogen-bond donors (Lipinski definition) is 1. The van der Waals surface area contributed by atoms with E-state index in [4.69, 9.17) is 25.8 Å². The quantitative estimate of drug-likeness (QED) is 0.501. The van der Waals surface area contributed by atoms with Crippen molar-refractivity contribution >= 4 is 35.1 Å². The molecule has 0 unspecified atom stereocenters. The van der Waals surface area contributed by atoms with Gasteiger partial charge in [-0.2, -0.15) is 0 Å². The molecule has 2 aliphatic rings. The molecule has 1 saturated heterocycles. The Bertz CT molecular complexity index is 1270. The number of carboxylic acid groups (broad SMARTS) is 1. The van der Waals surface area contributed by atoms with E-state index < -0.39 is 24.1 Å². The Balaban J connectivity index is 1.75. The molecule has 10 heteroatoms. The third-order valence-corrected chi connectivity index (χ3v) is 7.55. The number of carbonyl (C=O) groups is 3. The summed E-state index contributed by atoms with van der Waals surface area (Å²) in [5, 5.41) is 9.81. The van der Waals surface area contributed by atoms with Crippen LogP contribution in [0.5, 0.6) is 11.5 Å². The van der Waals surface area contributed by atoms with Gasteiger partial charge in [0.2, 0.25) is 5.91 Å². The van der Waals surface area contributed by atoms with Crippen LogP contribution in [0.25, 0.3) is 0 Å². The van der Waals surface area contributed by atoms with Gasteiger partial charge in [-0.3, -0.25) is 14.4 Å². The highest BCUT2D eigenvalue weighted by Gasteiger charge is 2.41. The fourth-order valence-electron chi connectivity index (χ4n) is 5.28. The number of fused-ring (bicyclic) bond motifs is 1. The first-order valence-corrected chi connectivity index (χ1v) is 13.8. The van der Waals surface area contributed by atoms with Crippen LogP contribution in [0.3, 0.4) is 0 Å². The van der Waals surface area contributed by atoms with Crippen LogP contribution in [0.1, 0.15) is 57.3 Å². The van der Waals surface area contributed by atoms with Crippen LogP contribution in [-0.2, 0) is 19.1 Å². The van der Waals surface area contributed by atoms with Gasteiger partial charge in [0.1, 0.15) is 23.7 Å². The van der Waals surface area contributed by atoms with Crippen LogP contribution in [-0.4, -0.2) is 67.7 Å². The van der Waals surface area contributed by atoms with Gasteiger partial charge in [-0.05, 0) is 48.6 Å². The van der Waals surface area contributed by atoms with E-state index in [1.807, 2.05) is 32.9 Å². The summed E-state index contributed by atoms with van der Waals surface area (Å²) in [6, 6.07) is 10.7. The second-order valence-electron chi connectivity index (χ2n) is 11.5. The first kappa shape index (κ1) is 29.7. The van der Waals surface area contributed by atoms with Gasteiger partial charge in [0.15, 0.2) is 0 Å². The van der Waals surface area contributed by atoms with Gasteiger partial charge in [-0.1, -0.05) is 32.4 Å². The third-order valence-electron chi connectivity index (χ3n) is 7.32. The lowest BCUT2D eigenvalue weighted by atomic mass is 9.94. The Kier molecular flexibility index (Phi) is 8.95. The normalized spacial score (nSPS) is 20.1. The molecule has 2 heterocycles. The van der Waals surface area contributed by atoms with E-state index in [0.29, 0.717) is 65.8 Å². The first-order chi connectivity index (χ1) is 18.9. The molecule has 216 valence electrons. The Morgan fingerprint density at radius 2 is 1.75 bits per heavy atom. The van der Waals surface area contributed by atoms with E-state index in [9.17, 15) is 19.5 Å². The van der Waals surface area contributed by atoms with Crippen LogP contribution >= 0.6 is 11.6 Å². The zero-order chi connectivity index (χ0) is 29.2. The number of rotatable bonds is 7. The van der Waals surface area contributed by atoms with Crippen molar-refractivity contribution in [2.75, 3.05) is 38.8 Å². The smallest absolute Gasteiger partial charge is 0.306 e. The number of aliphatic carboxylic acids is 1. The van der Waals surface area contributed by atoms with E-state index in [2.05, 4.69) is 0 Å². The summed E-state index contributed by atoms with van der Waals surface area (Å²) in [6.07, 6.45) is -1.26. The van der Waals surface area contributed by atoms with Gasteiger partial charge >= 0.3 is 5.97 Å². The van der Waals surface area contributed by atoms with E-state index in [0.717, 1.165) is 0 Å². The van der Waals surface area contributed by atoms with Crippen molar-refractivity contribution in [2.24, 2.45) is 11.3 Å². The number of hydrogen-bond acceptors (Lipinski definition) is 6. The molecule has 40 heavy (non-hydrogen) atoms. The number of ether oxygens (including phenoxy) is 3. The Labute approximate surface area is 239 Å². The first-order valence-electron chi connectivity index (χ1n) is 13.4. The molecule has 2 aliphatic heterocycles. The average Bonchev–Trinajstić information content (AvgIpc) is 3.02. The van der Waals surface area contributed by atoms with E-state index in [1.165, 1.54) is 0 Å². The molecule has 2 amide bonds. The molecule has 2 aromatic rings. The number of anilines is 1. The van der Waals surface area contributed by atoms with E-state index in [1.54, 1.807) is 48.3 Å². The van der Waals surface area contributed by atoms with Gasteiger partial charge in [-0.25, -0.2) is 0 Å². The molecule has 2 aromatic carbocycles. The zero-order valence-corrected chi connectivity index (χ0v) is 24.4. The standard InChI is InChI=1S/C30H37ClN2O7/c1-30(2,3)17-33-23-9-6-19(31)14-22(23)27(21-8-7-20(38-4)15-24(21)39-5)40-25(28(33)35)16-26(34)32-12-10-18(11-13-32)29(36)37/h6-9,14-15,18,25,27H,10-13,16-17H2,1-5H3,(H,36,37)/t25-,27-/m0/s1. The van der Waals surface area contributed by atoms with Crippen LogP contribution in [0.15, 0.2) is 36.4 Å². The molecule has 2 atom stereocenters. The van der Waals surface area contributed by atoms with Crippen LogP contribution in [0.2, 0.25) is 5.02 Å². The molecule has 0 aliphatic carbocycles. The summed E-state index contributed by atoms with van der Waals surface area (Å²) < 4.78 is 17.6. The van der Waals surface area contributed by atoms with Crippen molar-refractivity contribution in [2.45, 2.75) is 52.2 Å². The van der Waals surface area contributed by atoms with Crippen LogP contribution in [0, 0.1) is 11.3 Å². The average molecular weight is 573 g/mol. The molecular formula is C30H37ClN2O7. The molecule has 0 spiro atoms. The zero-order valence-electron chi connectivity index (χ0n) is 23.6. The fraction of sp³-hybridized carbons (Fsp3) is 0.500. The second-order valence-corrected chi connectivity index (χ2v) is 11.9. The minimum absolute atomic E-state index is 0.173. The lowest BCUT2D eigenvalue weighted by molar-refractivity contribution is -0.148. The fourth-order valence-corrected chi connectivity index (χ4v) is 5.46. The summed E-state index contributed by atoms with van der Waals surface area (Å²) in [4.78, 5) is 42.3. The van der Waals surface area contributed by atoms with Gasteiger partial charge in [0.25, 0.3) is 5.91 Å². The number of carbonyl (C=O) groups excluding carboxylic acids is 2. The lowest BCUT2D eigenvalue weighted by Gasteiger charge is -2.33. The van der Waals surface area contributed by atoms with Crippen molar-refractivity contribution in [3.8, 4) is 11.5 Å². The van der Waals surface area contributed by atoms with Crippen molar-refractivity contribution < 1.29 is 33.7 Å². The highest BCUT2D eigenvalue weighted by Crippen LogP contribution is 2.44. The minimum Gasteiger partial charge on any atom is -0.497 e. The van der Waals surface area contributed by atoms with Crippen molar-refractivity contribution in [1.82, 2.24) is 4.90 Å². The maximum Gasteiger partial charge on any atom is 0.306 e. The number of amides is 2. The van der Waals surface area contributed by atoms with Gasteiger partial charge in [-0.15, -0.1) is 0 Å². The molecule has 0 aromatic heterocycles. The van der Waals surface area contributed by atoms with Gasteiger partial charge < -0.3 is 29.1 Å². The summed E-state index contributed by atoms with van der Waals surface area (Å²) in [5.41, 5.74) is 1.75. The maximum atomic E-state index is 14.1. The summed E-state index contributed by atoms with van der Waals surface area (Å²) in [6.45, 7) is 7.17. The molecule has 0 radical (unpaired) electrons. The van der Waals surface area contributed by atoms with E-state index in [-0.39, 0.29) is 23.7 Å². The summed E-state index contributed by atoms with van der Waals surface area (Å²) >= 11 is 6.46. The highest BCUT2D eigenvalue weighted by atomic mass is 35.5. The molecule has 0 bridgehead atoms. The molecule has 9 nitrogen and oxygen atoms in total.